The van der Waals surface area contributed by atoms with Gasteiger partial charge in [-0.1, -0.05) is 61.9 Å². The number of nitrogens with one attached hydrogen (secondary N) is 2. The molecule has 9 heteroatoms. The molecular weight excluding hydrogens is 541 g/mol. The number of tetrazole rings is 1. The molecule has 0 fully saturated rings. The Balaban J connectivity index is 1.48. The first-order valence-corrected chi connectivity index (χ1v) is 12.1. The molecule has 0 radical (unpaired) electrons. The monoisotopic (exact) mass is 563 g/mol. The largest absolute Gasteiger partial charge is 0.326 e. The zero-order chi connectivity index (χ0) is 23.5. The van der Waals surface area contributed by atoms with Crippen molar-refractivity contribution < 1.29 is 0 Å². The Morgan fingerprint density at radius 2 is 1.79 bits per heavy atom. The number of rotatable bonds is 7. The summed E-state index contributed by atoms with van der Waals surface area (Å²) in [5.74, 6) is 0.519. The van der Waals surface area contributed by atoms with Crippen LogP contribution in [-0.2, 0) is 13.0 Å². The summed E-state index contributed by atoms with van der Waals surface area (Å²) in [7, 11) is 0. The molecule has 0 saturated carbocycles. The number of aromatic nitrogens is 7. The van der Waals surface area contributed by atoms with Crippen LogP contribution < -0.4 is 5.69 Å². The van der Waals surface area contributed by atoms with Crippen LogP contribution in [0, 0.1) is 3.57 Å². The highest BCUT2D eigenvalue weighted by Crippen LogP contribution is 2.29. The van der Waals surface area contributed by atoms with Gasteiger partial charge >= 0.3 is 5.69 Å². The number of hydrogen-bond donors (Lipinski definition) is 2. The zero-order valence-corrected chi connectivity index (χ0v) is 20.7. The number of imidazole rings is 1. The summed E-state index contributed by atoms with van der Waals surface area (Å²) < 4.78 is 2.97. The van der Waals surface area contributed by atoms with Gasteiger partial charge in [0.15, 0.2) is 5.82 Å². The lowest BCUT2D eigenvalue weighted by atomic mass is 10.0. The first-order valence-electron chi connectivity index (χ1n) is 11.0. The van der Waals surface area contributed by atoms with Crippen LogP contribution in [0.5, 0.6) is 0 Å². The van der Waals surface area contributed by atoms with Crippen molar-refractivity contribution >= 4 is 22.6 Å². The summed E-state index contributed by atoms with van der Waals surface area (Å²) in [5, 5.41) is 14.1. The molecule has 0 aliphatic carbocycles. The van der Waals surface area contributed by atoms with Crippen molar-refractivity contribution in [3.8, 4) is 33.9 Å². The van der Waals surface area contributed by atoms with Crippen LogP contribution in [0.4, 0.5) is 0 Å². The van der Waals surface area contributed by atoms with E-state index in [1.165, 1.54) is 0 Å². The zero-order valence-electron chi connectivity index (χ0n) is 18.5. The minimum absolute atomic E-state index is 0.0884. The van der Waals surface area contributed by atoms with Crippen molar-refractivity contribution in [2.24, 2.45) is 0 Å². The van der Waals surface area contributed by atoms with Crippen LogP contribution in [0.1, 0.15) is 24.6 Å². The first-order chi connectivity index (χ1) is 16.7. The Morgan fingerprint density at radius 1 is 1.00 bits per heavy atom. The Morgan fingerprint density at radius 3 is 2.53 bits per heavy atom. The van der Waals surface area contributed by atoms with Gasteiger partial charge in [-0.05, 0) is 62.7 Å². The van der Waals surface area contributed by atoms with E-state index in [4.69, 9.17) is 0 Å². The highest BCUT2D eigenvalue weighted by atomic mass is 127. The molecule has 5 aromatic rings. The van der Waals surface area contributed by atoms with Gasteiger partial charge in [-0.3, -0.25) is 9.55 Å². The van der Waals surface area contributed by atoms with Crippen molar-refractivity contribution in [1.29, 1.82) is 0 Å². The van der Waals surface area contributed by atoms with E-state index in [2.05, 4.69) is 72.2 Å². The third-order valence-electron chi connectivity index (χ3n) is 5.70. The highest BCUT2D eigenvalue weighted by molar-refractivity contribution is 14.1. The number of H-pyrrole nitrogens is 2. The third kappa shape index (κ3) is 4.30. The fourth-order valence-electron chi connectivity index (χ4n) is 4.11. The predicted octanol–water partition coefficient (Wildman–Crippen LogP) is 4.69. The van der Waals surface area contributed by atoms with Crippen molar-refractivity contribution in [3.63, 3.8) is 0 Å². The number of nitrogens with zero attached hydrogens (tertiary/aromatic N) is 5. The first kappa shape index (κ1) is 22.2. The fraction of sp³-hybridized carbons (Fsp3) is 0.160. The van der Waals surface area contributed by atoms with Gasteiger partial charge in [-0.2, -0.15) is 0 Å². The van der Waals surface area contributed by atoms with E-state index in [0.29, 0.717) is 18.1 Å². The van der Waals surface area contributed by atoms with Crippen molar-refractivity contribution in [2.75, 3.05) is 0 Å². The molecule has 2 N–H and O–H groups in total. The lowest BCUT2D eigenvalue weighted by molar-refractivity contribution is 0.700. The highest BCUT2D eigenvalue weighted by Gasteiger charge is 2.17. The third-order valence-corrected chi connectivity index (χ3v) is 6.65. The van der Waals surface area contributed by atoms with Crippen LogP contribution in [0.25, 0.3) is 33.9 Å². The maximum Gasteiger partial charge on any atom is 0.326 e. The topological polar surface area (TPSA) is 105 Å². The SMILES string of the molecule is CCCc1c(-c2ccccc2I)[nH]c(=O)n1Cc1ccc(-c2cccnc2-c2nnn[nH]2)cc1. The predicted molar refractivity (Wildman–Crippen MR) is 139 cm³/mol. The second-order valence-electron chi connectivity index (χ2n) is 7.91. The Kier molecular flexibility index (Phi) is 6.35. The molecule has 0 aliphatic rings. The lowest BCUT2D eigenvalue weighted by Gasteiger charge is -2.11. The number of pyridine rings is 1. The molecular formula is C25H22IN7O. The minimum Gasteiger partial charge on any atom is -0.305 e. The minimum atomic E-state index is -0.0884. The second-order valence-corrected chi connectivity index (χ2v) is 9.08. The van der Waals surface area contributed by atoms with Crippen LogP contribution in [-0.4, -0.2) is 35.2 Å². The maximum atomic E-state index is 13.0. The molecule has 0 unspecified atom stereocenters. The summed E-state index contributed by atoms with van der Waals surface area (Å²) >= 11 is 2.32. The number of aromatic amines is 2. The molecule has 170 valence electrons. The van der Waals surface area contributed by atoms with Crippen molar-refractivity contribution in [1.82, 2.24) is 35.2 Å². The summed E-state index contributed by atoms with van der Waals surface area (Å²) in [6.45, 7) is 2.63. The molecule has 0 amide bonds. The van der Waals surface area contributed by atoms with E-state index in [1.807, 2.05) is 53.1 Å². The number of hydrogen-bond acceptors (Lipinski definition) is 5. The molecule has 3 heterocycles. The fourth-order valence-corrected chi connectivity index (χ4v) is 4.77. The molecule has 0 saturated heterocycles. The molecule has 0 bridgehead atoms. The Hall–Kier alpha value is -3.60. The molecule has 3 aromatic heterocycles. The van der Waals surface area contributed by atoms with Gasteiger partial charge in [0.05, 0.1) is 12.2 Å². The van der Waals surface area contributed by atoms with Gasteiger partial charge in [-0.15, -0.1) is 5.10 Å². The van der Waals surface area contributed by atoms with Crippen molar-refractivity contribution in [3.05, 3.63) is 92.2 Å². The summed E-state index contributed by atoms with van der Waals surface area (Å²) in [6.07, 6.45) is 3.49. The number of benzene rings is 2. The average molecular weight is 563 g/mol. The molecule has 0 aliphatic heterocycles. The summed E-state index contributed by atoms with van der Waals surface area (Å²) in [6, 6.07) is 20.2. The molecule has 2 aromatic carbocycles. The van der Waals surface area contributed by atoms with Crippen LogP contribution >= 0.6 is 22.6 Å². The molecule has 0 spiro atoms. The molecule has 34 heavy (non-hydrogen) atoms. The Bertz CT molecular complexity index is 1470. The van der Waals surface area contributed by atoms with Gasteiger partial charge in [-0.25, -0.2) is 9.89 Å². The summed E-state index contributed by atoms with van der Waals surface area (Å²) in [5.41, 5.74) is 6.58. The molecule has 0 atom stereocenters. The average Bonchev–Trinajstić information content (AvgIpc) is 3.50. The van der Waals surface area contributed by atoms with Gasteiger partial charge in [0.25, 0.3) is 0 Å². The quantitative estimate of drug-likeness (QED) is 0.280. The Labute approximate surface area is 209 Å². The van der Waals surface area contributed by atoms with Gasteiger partial charge < -0.3 is 4.98 Å². The van der Waals surface area contributed by atoms with E-state index in [0.717, 1.165) is 50.1 Å². The van der Waals surface area contributed by atoms with E-state index in [9.17, 15) is 4.79 Å². The van der Waals surface area contributed by atoms with Gasteiger partial charge in [0.2, 0.25) is 0 Å². The van der Waals surface area contributed by atoms with E-state index in [-0.39, 0.29) is 5.69 Å². The summed E-state index contributed by atoms with van der Waals surface area (Å²) in [4.78, 5) is 20.5. The molecule has 5 rings (SSSR count). The molecule has 8 nitrogen and oxygen atoms in total. The van der Waals surface area contributed by atoms with Crippen LogP contribution in [0.15, 0.2) is 71.7 Å². The van der Waals surface area contributed by atoms with Gasteiger partial charge in [0.1, 0.15) is 5.69 Å². The standard InChI is InChI=1S/C25H22IN7O/c1-2-6-21-22(19-7-3-4-9-20(19)26)28-25(34)33(21)15-16-10-12-17(13-11-16)18-8-5-14-27-23(18)24-29-31-32-30-24/h3-5,7-14H,2,6,15H2,1H3,(H,28,34)(H,29,30,31,32). The number of halogens is 1. The van der Waals surface area contributed by atoms with Crippen LogP contribution in [0.3, 0.4) is 0 Å². The van der Waals surface area contributed by atoms with Gasteiger partial charge in [0, 0.05) is 26.6 Å². The smallest absolute Gasteiger partial charge is 0.305 e. The van der Waals surface area contributed by atoms with E-state index in [1.54, 1.807) is 6.20 Å². The van der Waals surface area contributed by atoms with Crippen molar-refractivity contribution in [2.45, 2.75) is 26.3 Å². The van der Waals surface area contributed by atoms with Crippen LogP contribution in [0.2, 0.25) is 0 Å². The second kappa shape index (κ2) is 9.72. The lowest BCUT2D eigenvalue weighted by Crippen LogP contribution is -2.19. The normalized spacial score (nSPS) is 11.1. The van der Waals surface area contributed by atoms with E-state index < -0.39 is 0 Å². The maximum absolute atomic E-state index is 13.0. The van der Waals surface area contributed by atoms with E-state index >= 15 is 0 Å².